The second-order valence-corrected chi connectivity index (χ2v) is 10.2. The average molecular weight is 500 g/mol. The van der Waals surface area contributed by atoms with E-state index >= 15 is 0 Å². The minimum absolute atomic E-state index is 0.0862. The van der Waals surface area contributed by atoms with Crippen LogP contribution in [0.3, 0.4) is 0 Å². The van der Waals surface area contributed by atoms with Gasteiger partial charge in [0.15, 0.2) is 0 Å². The van der Waals surface area contributed by atoms with Crippen molar-refractivity contribution in [2.45, 2.75) is 17.4 Å². The predicted octanol–water partition coefficient (Wildman–Crippen LogP) is 6.84. The molecule has 9 heteroatoms. The van der Waals surface area contributed by atoms with Gasteiger partial charge in [0.1, 0.15) is 0 Å². The molecule has 1 atom stereocenters. The number of hydrogen-bond donors (Lipinski definition) is 0. The normalized spacial score (nSPS) is 16.6. The van der Waals surface area contributed by atoms with E-state index in [0.717, 1.165) is 9.98 Å². The summed E-state index contributed by atoms with van der Waals surface area (Å²) >= 11 is 24.4. The Morgan fingerprint density at radius 3 is 1.97 bits per heavy atom. The highest BCUT2D eigenvalue weighted by molar-refractivity contribution is 7.89. The topological polar surface area (TPSA) is 49.7 Å². The van der Waals surface area contributed by atoms with Crippen LogP contribution in [0.4, 0.5) is 0 Å². The minimum atomic E-state index is -3.96. The van der Waals surface area contributed by atoms with Crippen LogP contribution in [0, 0.1) is 0 Å². The fourth-order valence-corrected chi connectivity index (χ4v) is 5.46. The Hall–Kier alpha value is -1.76. The Morgan fingerprint density at radius 1 is 0.800 bits per heavy atom. The highest BCUT2D eigenvalue weighted by Gasteiger charge is 2.38. The molecule has 0 fully saturated rings. The lowest BCUT2D eigenvalue weighted by atomic mass is 9.99. The van der Waals surface area contributed by atoms with Crippen molar-refractivity contribution in [3.8, 4) is 0 Å². The standard InChI is InChI=1S/C21H14Cl4N2O2S/c22-14-3-1-13(2-4-14)20-12-21(18-10-7-16(24)11-19(18)25)27(26-20)30(28,29)17-8-5-15(23)6-9-17/h1-11,21H,12H2. The van der Waals surface area contributed by atoms with Gasteiger partial charge in [0, 0.05) is 26.5 Å². The lowest BCUT2D eigenvalue weighted by Crippen LogP contribution is -2.27. The molecule has 1 unspecified atom stereocenters. The minimum Gasteiger partial charge on any atom is -0.200 e. The Bertz CT molecular complexity index is 1230. The number of halogens is 4. The third-order valence-electron chi connectivity index (χ3n) is 4.73. The average Bonchev–Trinajstić information content (AvgIpc) is 3.15. The van der Waals surface area contributed by atoms with Gasteiger partial charge in [-0.2, -0.15) is 17.9 Å². The number of rotatable bonds is 4. The van der Waals surface area contributed by atoms with Gasteiger partial charge in [-0.3, -0.25) is 0 Å². The van der Waals surface area contributed by atoms with Crippen molar-refractivity contribution in [2.24, 2.45) is 5.10 Å². The first-order chi connectivity index (χ1) is 14.3. The summed E-state index contributed by atoms with van der Waals surface area (Å²) in [6, 6.07) is 17.4. The molecule has 1 heterocycles. The molecule has 1 aliphatic rings. The summed E-state index contributed by atoms with van der Waals surface area (Å²) in [5.74, 6) is 0. The molecule has 30 heavy (non-hydrogen) atoms. The van der Waals surface area contributed by atoms with Crippen molar-refractivity contribution in [1.82, 2.24) is 4.41 Å². The predicted molar refractivity (Wildman–Crippen MR) is 122 cm³/mol. The fraction of sp³-hybridized carbons (Fsp3) is 0.0952. The maximum atomic E-state index is 13.4. The highest BCUT2D eigenvalue weighted by Crippen LogP contribution is 2.40. The van der Waals surface area contributed by atoms with E-state index in [1.54, 1.807) is 42.5 Å². The van der Waals surface area contributed by atoms with E-state index in [1.807, 2.05) is 0 Å². The fourth-order valence-electron chi connectivity index (χ4n) is 3.25. The van der Waals surface area contributed by atoms with Crippen molar-refractivity contribution in [2.75, 3.05) is 0 Å². The number of hydrazone groups is 1. The number of hydrogen-bond acceptors (Lipinski definition) is 3. The first-order valence-electron chi connectivity index (χ1n) is 8.84. The van der Waals surface area contributed by atoms with Crippen LogP contribution in [-0.2, 0) is 10.0 Å². The lowest BCUT2D eigenvalue weighted by Gasteiger charge is -2.24. The summed E-state index contributed by atoms with van der Waals surface area (Å²) in [5, 5.41) is 6.34. The molecule has 1 aliphatic heterocycles. The van der Waals surface area contributed by atoms with Gasteiger partial charge in [-0.25, -0.2) is 0 Å². The molecule has 3 aromatic carbocycles. The molecule has 0 amide bonds. The zero-order valence-corrected chi connectivity index (χ0v) is 19.1. The first kappa shape index (κ1) is 21.5. The van der Waals surface area contributed by atoms with Gasteiger partial charge in [0.25, 0.3) is 10.0 Å². The van der Waals surface area contributed by atoms with Crippen LogP contribution < -0.4 is 0 Å². The highest BCUT2D eigenvalue weighted by atomic mass is 35.5. The smallest absolute Gasteiger partial charge is 0.200 e. The van der Waals surface area contributed by atoms with Crippen LogP contribution in [0.1, 0.15) is 23.6 Å². The molecule has 0 N–H and O–H groups in total. The van der Waals surface area contributed by atoms with Crippen LogP contribution in [0.15, 0.2) is 76.7 Å². The van der Waals surface area contributed by atoms with Crippen LogP contribution in [0.5, 0.6) is 0 Å². The molecule has 0 aliphatic carbocycles. The number of sulfonamides is 1. The number of nitrogens with zero attached hydrogens (tertiary/aromatic N) is 2. The number of benzene rings is 3. The Morgan fingerprint density at radius 2 is 1.37 bits per heavy atom. The summed E-state index contributed by atoms with van der Waals surface area (Å²) < 4.78 is 28.0. The molecule has 0 bridgehead atoms. The second kappa shape index (κ2) is 8.40. The van der Waals surface area contributed by atoms with Crippen molar-refractivity contribution >= 4 is 62.1 Å². The second-order valence-electron chi connectivity index (χ2n) is 6.67. The van der Waals surface area contributed by atoms with Crippen LogP contribution in [0.2, 0.25) is 20.1 Å². The van der Waals surface area contributed by atoms with Crippen LogP contribution in [0.25, 0.3) is 0 Å². The zero-order chi connectivity index (χ0) is 21.5. The van der Waals surface area contributed by atoms with Gasteiger partial charge < -0.3 is 0 Å². The summed E-state index contributed by atoms with van der Waals surface area (Å²) in [4.78, 5) is 0.0862. The van der Waals surface area contributed by atoms with E-state index in [1.165, 1.54) is 24.3 Å². The summed E-state index contributed by atoms with van der Waals surface area (Å²) in [6.45, 7) is 0. The van der Waals surface area contributed by atoms with Gasteiger partial charge in [-0.15, -0.1) is 0 Å². The maximum Gasteiger partial charge on any atom is 0.279 e. The van der Waals surface area contributed by atoms with Gasteiger partial charge in [-0.1, -0.05) is 64.6 Å². The summed E-state index contributed by atoms with van der Waals surface area (Å²) in [7, 11) is -3.96. The lowest BCUT2D eigenvalue weighted by molar-refractivity contribution is 0.371. The van der Waals surface area contributed by atoms with Gasteiger partial charge in [0.05, 0.1) is 16.6 Å². The van der Waals surface area contributed by atoms with Crippen molar-refractivity contribution in [3.63, 3.8) is 0 Å². The molecule has 0 aromatic heterocycles. The third-order valence-corrected chi connectivity index (χ3v) is 7.49. The van der Waals surface area contributed by atoms with Gasteiger partial charge in [-0.05, 0) is 59.7 Å². The quantitative estimate of drug-likeness (QED) is 0.394. The first-order valence-corrected chi connectivity index (χ1v) is 11.8. The molecule has 154 valence electrons. The molecule has 0 spiro atoms. The monoisotopic (exact) mass is 498 g/mol. The van der Waals surface area contributed by atoms with E-state index < -0.39 is 16.1 Å². The molecule has 0 saturated heterocycles. The molecular formula is C21H14Cl4N2O2S. The van der Waals surface area contributed by atoms with E-state index in [4.69, 9.17) is 46.4 Å². The third kappa shape index (κ3) is 4.18. The van der Waals surface area contributed by atoms with Crippen molar-refractivity contribution < 1.29 is 8.42 Å². The molecule has 4 rings (SSSR count). The Kier molecular flexibility index (Phi) is 6.02. The van der Waals surface area contributed by atoms with Gasteiger partial charge in [0.2, 0.25) is 0 Å². The van der Waals surface area contributed by atoms with Crippen molar-refractivity contribution in [1.29, 1.82) is 0 Å². The Balaban J connectivity index is 1.82. The molecule has 4 nitrogen and oxygen atoms in total. The molecule has 0 saturated carbocycles. The van der Waals surface area contributed by atoms with E-state index in [-0.39, 0.29) is 4.90 Å². The van der Waals surface area contributed by atoms with Crippen LogP contribution in [-0.4, -0.2) is 18.5 Å². The summed E-state index contributed by atoms with van der Waals surface area (Å²) in [5.41, 5.74) is 2.01. The van der Waals surface area contributed by atoms with E-state index in [0.29, 0.717) is 37.8 Å². The van der Waals surface area contributed by atoms with E-state index in [9.17, 15) is 8.42 Å². The molecule has 0 radical (unpaired) electrons. The maximum absolute atomic E-state index is 13.4. The van der Waals surface area contributed by atoms with E-state index in [2.05, 4.69) is 5.10 Å². The SMILES string of the molecule is O=S(=O)(c1ccc(Cl)cc1)N1N=C(c2ccc(Cl)cc2)CC1c1ccc(Cl)cc1Cl. The van der Waals surface area contributed by atoms with Crippen LogP contribution >= 0.6 is 46.4 Å². The van der Waals surface area contributed by atoms with Crippen molar-refractivity contribution in [3.05, 3.63) is 97.9 Å². The van der Waals surface area contributed by atoms with Gasteiger partial charge >= 0.3 is 0 Å². The largest absolute Gasteiger partial charge is 0.279 e. The Labute approximate surface area is 194 Å². The zero-order valence-electron chi connectivity index (χ0n) is 15.3. The molecule has 3 aromatic rings. The molecular weight excluding hydrogens is 486 g/mol. The summed E-state index contributed by atoms with van der Waals surface area (Å²) in [6.07, 6.45) is 0.343.